The number of carbonyl (C=O) groups excluding carboxylic acids is 2. The predicted octanol–water partition coefficient (Wildman–Crippen LogP) is 0.583. The average Bonchev–Trinajstić information content (AvgIpc) is 2.98. The van der Waals surface area contributed by atoms with E-state index in [1.165, 1.54) is 0 Å². The number of amides is 2. The average molecular weight is 267 g/mol. The van der Waals surface area contributed by atoms with Gasteiger partial charge in [-0.2, -0.15) is 0 Å². The number of nitrogens with zero attached hydrogens (tertiary/aromatic N) is 2. The van der Waals surface area contributed by atoms with Crippen LogP contribution in [0.3, 0.4) is 0 Å². The fourth-order valence-corrected chi connectivity index (χ4v) is 3.23. The lowest BCUT2D eigenvalue weighted by Crippen LogP contribution is -2.39. The third-order valence-corrected chi connectivity index (χ3v) is 4.43. The van der Waals surface area contributed by atoms with Gasteiger partial charge in [0, 0.05) is 38.1 Å². The van der Waals surface area contributed by atoms with Gasteiger partial charge in [0.2, 0.25) is 11.8 Å². The molecular formula is C14H25N3O2. The van der Waals surface area contributed by atoms with Gasteiger partial charge < -0.3 is 15.5 Å². The Bertz CT molecular complexity index is 355. The van der Waals surface area contributed by atoms with Crippen LogP contribution in [-0.4, -0.2) is 53.3 Å². The monoisotopic (exact) mass is 267 g/mol. The molecule has 2 aliphatic rings. The maximum absolute atomic E-state index is 12.4. The second-order valence-electron chi connectivity index (χ2n) is 5.75. The van der Waals surface area contributed by atoms with Crippen molar-refractivity contribution in [3.8, 4) is 0 Å². The summed E-state index contributed by atoms with van der Waals surface area (Å²) in [5.74, 6) is 0.101. The van der Waals surface area contributed by atoms with Crippen molar-refractivity contribution in [2.45, 2.75) is 51.6 Å². The molecule has 2 N–H and O–H groups in total. The van der Waals surface area contributed by atoms with Crippen LogP contribution in [0.2, 0.25) is 0 Å². The van der Waals surface area contributed by atoms with Crippen LogP contribution in [0.5, 0.6) is 0 Å². The van der Waals surface area contributed by atoms with Gasteiger partial charge in [-0.1, -0.05) is 13.8 Å². The fraction of sp³-hybridized carbons (Fsp3) is 0.857. The van der Waals surface area contributed by atoms with E-state index in [1.54, 1.807) is 0 Å². The summed E-state index contributed by atoms with van der Waals surface area (Å²) in [5.41, 5.74) is 5.84. The molecule has 0 saturated carbocycles. The number of likely N-dealkylation sites (tertiary alicyclic amines) is 2. The van der Waals surface area contributed by atoms with Gasteiger partial charge in [-0.3, -0.25) is 9.59 Å². The minimum absolute atomic E-state index is 0.108. The molecule has 0 aliphatic carbocycles. The zero-order valence-corrected chi connectivity index (χ0v) is 12.0. The van der Waals surface area contributed by atoms with Crippen LogP contribution in [0.4, 0.5) is 0 Å². The minimum atomic E-state index is -0.154. The zero-order chi connectivity index (χ0) is 14.0. The molecule has 2 saturated heterocycles. The Morgan fingerprint density at radius 2 is 2.05 bits per heavy atom. The van der Waals surface area contributed by atoms with Crippen molar-refractivity contribution < 1.29 is 9.59 Å². The SMILES string of the molecule is CCC(CC)N1CC(C(=O)N2CC[C@@H](N)C2)CC1=O. The number of hydrogen-bond acceptors (Lipinski definition) is 3. The van der Waals surface area contributed by atoms with Gasteiger partial charge in [0.25, 0.3) is 0 Å². The van der Waals surface area contributed by atoms with Crippen LogP contribution in [0.1, 0.15) is 39.5 Å². The van der Waals surface area contributed by atoms with E-state index in [4.69, 9.17) is 5.73 Å². The summed E-state index contributed by atoms with van der Waals surface area (Å²) in [5, 5.41) is 0. The van der Waals surface area contributed by atoms with Gasteiger partial charge in [0.15, 0.2) is 0 Å². The van der Waals surface area contributed by atoms with Crippen molar-refractivity contribution in [2.75, 3.05) is 19.6 Å². The van der Waals surface area contributed by atoms with E-state index in [0.717, 1.165) is 25.8 Å². The maximum atomic E-state index is 12.4. The predicted molar refractivity (Wildman–Crippen MR) is 73.4 cm³/mol. The van der Waals surface area contributed by atoms with Crippen molar-refractivity contribution in [3.63, 3.8) is 0 Å². The van der Waals surface area contributed by atoms with Gasteiger partial charge in [-0.15, -0.1) is 0 Å². The van der Waals surface area contributed by atoms with Crippen molar-refractivity contribution in [1.82, 2.24) is 9.80 Å². The van der Waals surface area contributed by atoms with Crippen molar-refractivity contribution >= 4 is 11.8 Å². The first-order valence-corrected chi connectivity index (χ1v) is 7.40. The van der Waals surface area contributed by atoms with E-state index in [1.807, 2.05) is 9.80 Å². The summed E-state index contributed by atoms with van der Waals surface area (Å²) in [4.78, 5) is 28.2. The normalized spacial score (nSPS) is 27.7. The Hall–Kier alpha value is -1.10. The van der Waals surface area contributed by atoms with Crippen molar-refractivity contribution in [1.29, 1.82) is 0 Å². The summed E-state index contributed by atoms with van der Waals surface area (Å²) in [6.45, 7) is 6.17. The first kappa shape index (κ1) is 14.3. The maximum Gasteiger partial charge on any atom is 0.228 e. The molecule has 0 aromatic heterocycles. The standard InChI is InChI=1S/C14H25N3O2/c1-3-12(4-2)17-8-10(7-13(17)18)14(19)16-6-5-11(15)9-16/h10-12H,3-9,15H2,1-2H3/t10?,11-/m1/s1. The highest BCUT2D eigenvalue weighted by Gasteiger charge is 2.39. The lowest BCUT2D eigenvalue weighted by molar-refractivity contribution is -0.134. The van der Waals surface area contributed by atoms with Gasteiger partial charge in [0.1, 0.15) is 0 Å². The molecule has 2 aliphatic heterocycles. The Morgan fingerprint density at radius 1 is 1.37 bits per heavy atom. The van der Waals surface area contributed by atoms with Gasteiger partial charge >= 0.3 is 0 Å². The lowest BCUT2D eigenvalue weighted by atomic mass is 10.1. The van der Waals surface area contributed by atoms with E-state index in [9.17, 15) is 9.59 Å². The van der Waals surface area contributed by atoms with E-state index >= 15 is 0 Å². The van der Waals surface area contributed by atoms with Crippen LogP contribution >= 0.6 is 0 Å². The minimum Gasteiger partial charge on any atom is -0.341 e. The number of rotatable bonds is 4. The summed E-state index contributed by atoms with van der Waals surface area (Å²) in [7, 11) is 0. The number of nitrogens with two attached hydrogens (primary N) is 1. The zero-order valence-electron chi connectivity index (χ0n) is 12.0. The molecule has 5 heteroatoms. The second kappa shape index (κ2) is 5.90. The quantitative estimate of drug-likeness (QED) is 0.810. The lowest BCUT2D eigenvalue weighted by Gasteiger charge is -2.26. The van der Waals surface area contributed by atoms with Crippen molar-refractivity contribution in [3.05, 3.63) is 0 Å². The Morgan fingerprint density at radius 3 is 2.58 bits per heavy atom. The second-order valence-corrected chi connectivity index (χ2v) is 5.75. The van der Waals surface area contributed by atoms with Gasteiger partial charge in [0.05, 0.1) is 5.92 Å². The first-order valence-electron chi connectivity index (χ1n) is 7.40. The van der Waals surface area contributed by atoms with E-state index < -0.39 is 0 Å². The summed E-state index contributed by atoms with van der Waals surface area (Å²) in [6, 6.07) is 0.391. The largest absolute Gasteiger partial charge is 0.341 e. The van der Waals surface area contributed by atoms with Crippen LogP contribution in [0, 0.1) is 5.92 Å². The first-order chi connectivity index (χ1) is 9.06. The molecule has 2 rings (SSSR count). The molecule has 0 aromatic carbocycles. The van der Waals surface area contributed by atoms with Crippen LogP contribution in [-0.2, 0) is 9.59 Å². The molecule has 0 radical (unpaired) electrons. The molecule has 5 nitrogen and oxygen atoms in total. The van der Waals surface area contributed by atoms with E-state index in [2.05, 4.69) is 13.8 Å². The smallest absolute Gasteiger partial charge is 0.228 e. The molecule has 2 amide bonds. The third-order valence-electron chi connectivity index (χ3n) is 4.43. The number of carbonyl (C=O) groups is 2. The molecule has 1 unspecified atom stereocenters. The molecule has 2 atom stereocenters. The highest BCUT2D eigenvalue weighted by Crippen LogP contribution is 2.25. The van der Waals surface area contributed by atoms with E-state index in [0.29, 0.717) is 19.5 Å². The molecule has 108 valence electrons. The topological polar surface area (TPSA) is 66.6 Å². The highest BCUT2D eigenvalue weighted by molar-refractivity contribution is 5.89. The van der Waals surface area contributed by atoms with Crippen LogP contribution in [0.25, 0.3) is 0 Å². The number of hydrogen-bond donors (Lipinski definition) is 1. The summed E-state index contributed by atoms with van der Waals surface area (Å²) >= 11 is 0. The van der Waals surface area contributed by atoms with Crippen molar-refractivity contribution in [2.24, 2.45) is 11.7 Å². The summed E-state index contributed by atoms with van der Waals surface area (Å²) in [6.07, 6.45) is 3.17. The Labute approximate surface area is 115 Å². The fourth-order valence-electron chi connectivity index (χ4n) is 3.23. The Kier molecular flexibility index (Phi) is 4.45. The molecule has 19 heavy (non-hydrogen) atoms. The van der Waals surface area contributed by atoms with Crippen LogP contribution in [0.15, 0.2) is 0 Å². The Balaban J connectivity index is 1.96. The molecule has 0 bridgehead atoms. The van der Waals surface area contributed by atoms with Crippen LogP contribution < -0.4 is 5.73 Å². The highest BCUT2D eigenvalue weighted by atomic mass is 16.2. The van der Waals surface area contributed by atoms with Gasteiger partial charge in [-0.25, -0.2) is 0 Å². The van der Waals surface area contributed by atoms with Gasteiger partial charge in [-0.05, 0) is 19.3 Å². The molecule has 0 spiro atoms. The molecule has 0 aromatic rings. The third kappa shape index (κ3) is 2.91. The molecule has 2 heterocycles. The summed E-state index contributed by atoms with van der Waals surface area (Å²) < 4.78 is 0. The molecule has 2 fully saturated rings. The van der Waals surface area contributed by atoms with E-state index in [-0.39, 0.29) is 29.8 Å². The molecular weight excluding hydrogens is 242 g/mol.